The molecule has 0 aromatic rings. The molecule has 0 saturated carbocycles. The standard InChI is InChI=1S/C16H20N6O7/c1-21(13-9-3-5-18-12(9)19-14(25)20-13)11-8(7-23)6-15(26,27)22(16(11,28)29)10(24)2-4-17/h3,5,7-8,11-12,18,26-29H,2,6H2,1H3,(H2,19,20,25). The SMILES string of the molecule is CN(C1=C2C=CNC2NC(=O)N1)C1C(C=O)CC(O)(O)N(C(=O)CC#N)C1(O)O. The van der Waals surface area contributed by atoms with Crippen LogP contribution in [-0.2, 0) is 9.59 Å². The number of nitriles is 1. The third kappa shape index (κ3) is 3.28. The van der Waals surface area contributed by atoms with E-state index in [9.17, 15) is 34.8 Å². The molecule has 3 aliphatic rings. The molecular weight excluding hydrogens is 388 g/mol. The van der Waals surface area contributed by atoms with Crippen LogP contribution in [0.4, 0.5) is 4.79 Å². The lowest BCUT2D eigenvalue weighted by Gasteiger charge is -2.55. The number of rotatable bonds is 4. The van der Waals surface area contributed by atoms with Crippen LogP contribution in [0.25, 0.3) is 0 Å². The number of hydrogen-bond donors (Lipinski definition) is 7. The van der Waals surface area contributed by atoms with Gasteiger partial charge in [0.2, 0.25) is 5.91 Å². The number of fused-ring (bicyclic) bond motifs is 1. The van der Waals surface area contributed by atoms with E-state index >= 15 is 0 Å². The summed E-state index contributed by atoms with van der Waals surface area (Å²) in [6.07, 6.45) is 1.25. The van der Waals surface area contributed by atoms with E-state index in [2.05, 4.69) is 16.0 Å². The van der Waals surface area contributed by atoms with Gasteiger partial charge in [0.1, 0.15) is 30.7 Å². The smallest absolute Gasteiger partial charge is 0.322 e. The van der Waals surface area contributed by atoms with Crippen molar-refractivity contribution in [3.05, 3.63) is 23.7 Å². The Morgan fingerprint density at radius 3 is 2.76 bits per heavy atom. The average molecular weight is 408 g/mol. The van der Waals surface area contributed by atoms with Gasteiger partial charge in [0.15, 0.2) is 0 Å². The lowest BCUT2D eigenvalue weighted by molar-refractivity contribution is -0.409. The third-order valence-electron chi connectivity index (χ3n) is 5.04. The predicted molar refractivity (Wildman–Crippen MR) is 91.9 cm³/mol. The van der Waals surface area contributed by atoms with Crippen LogP contribution in [0, 0.1) is 17.2 Å². The molecule has 0 radical (unpaired) electrons. The Hall–Kier alpha value is -3.18. The number of urea groups is 1. The van der Waals surface area contributed by atoms with Gasteiger partial charge in [0.05, 0.1) is 6.07 Å². The zero-order valence-electron chi connectivity index (χ0n) is 15.2. The zero-order valence-corrected chi connectivity index (χ0v) is 15.2. The molecule has 0 bridgehead atoms. The number of hydrogen-bond acceptors (Lipinski definition) is 10. The molecule has 3 atom stereocenters. The summed E-state index contributed by atoms with van der Waals surface area (Å²) >= 11 is 0. The molecule has 3 heterocycles. The first-order chi connectivity index (χ1) is 13.5. The summed E-state index contributed by atoms with van der Waals surface area (Å²) in [6.45, 7) is 0. The van der Waals surface area contributed by atoms with Gasteiger partial charge in [-0.25, -0.2) is 9.69 Å². The van der Waals surface area contributed by atoms with Crippen LogP contribution in [0.5, 0.6) is 0 Å². The van der Waals surface area contributed by atoms with E-state index in [4.69, 9.17) is 5.26 Å². The normalized spacial score (nSPS) is 29.2. The maximum atomic E-state index is 12.2. The molecule has 29 heavy (non-hydrogen) atoms. The van der Waals surface area contributed by atoms with Crippen molar-refractivity contribution in [2.75, 3.05) is 7.05 Å². The molecule has 0 aromatic carbocycles. The minimum atomic E-state index is -3.27. The van der Waals surface area contributed by atoms with Crippen LogP contribution in [-0.4, -0.2) is 79.5 Å². The summed E-state index contributed by atoms with van der Waals surface area (Å²) in [6, 6.07) is -0.712. The topological polar surface area (TPSA) is 198 Å². The Morgan fingerprint density at radius 2 is 2.14 bits per heavy atom. The number of aliphatic hydroxyl groups is 4. The second-order valence-corrected chi connectivity index (χ2v) is 6.92. The minimum absolute atomic E-state index is 0.0429. The van der Waals surface area contributed by atoms with E-state index in [0.717, 1.165) is 0 Å². The first kappa shape index (κ1) is 20.6. The highest BCUT2D eigenvalue weighted by atomic mass is 16.6. The van der Waals surface area contributed by atoms with E-state index in [1.807, 2.05) is 0 Å². The third-order valence-corrected chi connectivity index (χ3v) is 5.04. The lowest BCUT2D eigenvalue weighted by atomic mass is 9.85. The zero-order chi connectivity index (χ0) is 21.6. The molecule has 156 valence electrons. The van der Waals surface area contributed by atoms with Crippen molar-refractivity contribution in [1.82, 2.24) is 25.8 Å². The molecule has 0 aromatic heterocycles. The molecule has 0 aliphatic carbocycles. The summed E-state index contributed by atoms with van der Waals surface area (Å²) in [4.78, 5) is 37.0. The first-order valence-electron chi connectivity index (χ1n) is 8.56. The van der Waals surface area contributed by atoms with Gasteiger partial charge >= 0.3 is 6.03 Å². The highest BCUT2D eigenvalue weighted by Crippen LogP contribution is 2.40. The molecule has 13 nitrogen and oxygen atoms in total. The van der Waals surface area contributed by atoms with Gasteiger partial charge in [0.25, 0.3) is 11.8 Å². The second kappa shape index (κ2) is 7.01. The van der Waals surface area contributed by atoms with Crippen LogP contribution in [0.1, 0.15) is 12.8 Å². The highest BCUT2D eigenvalue weighted by molar-refractivity contribution is 5.80. The number of likely N-dealkylation sites (tertiary alicyclic amines) is 1. The Balaban J connectivity index is 2.07. The molecule has 3 unspecified atom stereocenters. The number of amides is 3. The van der Waals surface area contributed by atoms with Crippen molar-refractivity contribution < 1.29 is 34.8 Å². The second-order valence-electron chi connectivity index (χ2n) is 6.92. The van der Waals surface area contributed by atoms with Crippen molar-refractivity contribution in [1.29, 1.82) is 5.26 Å². The van der Waals surface area contributed by atoms with Gasteiger partial charge in [-0.2, -0.15) is 5.26 Å². The lowest BCUT2D eigenvalue weighted by Crippen LogP contribution is -2.76. The van der Waals surface area contributed by atoms with Gasteiger partial charge in [-0.1, -0.05) is 0 Å². The summed E-state index contributed by atoms with van der Waals surface area (Å²) in [5, 5.41) is 58.7. The van der Waals surface area contributed by atoms with E-state index < -0.39 is 54.7 Å². The number of carbonyl (C=O) groups is 3. The van der Waals surface area contributed by atoms with E-state index in [1.54, 1.807) is 12.3 Å². The highest BCUT2D eigenvalue weighted by Gasteiger charge is 2.62. The van der Waals surface area contributed by atoms with Gasteiger partial charge in [-0.05, 0) is 12.3 Å². The summed E-state index contributed by atoms with van der Waals surface area (Å²) in [5.74, 6) is -8.89. The Labute approximate surface area is 164 Å². The molecule has 3 rings (SSSR count). The fourth-order valence-electron chi connectivity index (χ4n) is 3.93. The Morgan fingerprint density at radius 1 is 1.45 bits per heavy atom. The number of likely N-dealkylation sites (N-methyl/N-ethyl adjacent to an activating group) is 1. The van der Waals surface area contributed by atoms with Crippen molar-refractivity contribution in [3.8, 4) is 6.07 Å². The molecule has 3 aliphatic heterocycles. The Kier molecular flexibility index (Phi) is 4.97. The number of carbonyl (C=O) groups excluding carboxylic acids is 3. The number of nitrogens with zero attached hydrogens (tertiary/aromatic N) is 3. The number of aldehydes is 1. The number of nitrogens with one attached hydrogen (secondary N) is 3. The summed E-state index contributed by atoms with van der Waals surface area (Å²) in [5.41, 5.74) is 0.507. The molecule has 0 spiro atoms. The maximum Gasteiger partial charge on any atom is 0.322 e. The molecular formula is C16H20N6O7. The minimum Gasteiger partial charge on any atom is -0.367 e. The monoisotopic (exact) mass is 408 g/mol. The van der Waals surface area contributed by atoms with E-state index in [-0.39, 0.29) is 10.7 Å². The quantitative estimate of drug-likeness (QED) is 0.181. The van der Waals surface area contributed by atoms with Crippen LogP contribution >= 0.6 is 0 Å². The molecule has 13 heteroatoms. The van der Waals surface area contributed by atoms with Crippen LogP contribution < -0.4 is 16.0 Å². The average Bonchev–Trinajstić information content (AvgIpc) is 3.06. The summed E-state index contributed by atoms with van der Waals surface area (Å²) < 4.78 is 0. The summed E-state index contributed by atoms with van der Waals surface area (Å²) in [7, 11) is 1.34. The van der Waals surface area contributed by atoms with E-state index in [0.29, 0.717) is 11.9 Å². The van der Waals surface area contributed by atoms with Crippen molar-refractivity contribution in [2.45, 2.75) is 36.9 Å². The molecule has 7 N–H and O–H groups in total. The van der Waals surface area contributed by atoms with Crippen molar-refractivity contribution >= 4 is 18.2 Å². The maximum absolute atomic E-state index is 12.2. The number of piperidine rings is 1. The first-order valence-corrected chi connectivity index (χ1v) is 8.56. The molecule has 3 amide bonds. The van der Waals surface area contributed by atoms with Crippen LogP contribution in [0.3, 0.4) is 0 Å². The van der Waals surface area contributed by atoms with Gasteiger partial charge in [-0.3, -0.25) is 10.1 Å². The van der Waals surface area contributed by atoms with Crippen molar-refractivity contribution in [3.63, 3.8) is 0 Å². The van der Waals surface area contributed by atoms with Crippen molar-refractivity contribution in [2.24, 2.45) is 5.92 Å². The largest absolute Gasteiger partial charge is 0.367 e. The van der Waals surface area contributed by atoms with Gasteiger partial charge in [0, 0.05) is 25.0 Å². The Bertz CT molecular complexity index is 845. The fraction of sp³-hybridized carbons (Fsp3) is 0.500. The van der Waals surface area contributed by atoms with Crippen LogP contribution in [0.15, 0.2) is 23.7 Å². The van der Waals surface area contributed by atoms with Crippen LogP contribution in [0.2, 0.25) is 0 Å². The molecule has 1 saturated heterocycles. The predicted octanol–water partition coefficient (Wildman–Crippen LogP) is -3.51. The van der Waals surface area contributed by atoms with E-state index in [1.165, 1.54) is 18.0 Å². The fourth-order valence-corrected chi connectivity index (χ4v) is 3.93. The molecule has 1 fully saturated rings. The van der Waals surface area contributed by atoms with Gasteiger partial charge < -0.3 is 40.8 Å². The van der Waals surface area contributed by atoms with Gasteiger partial charge in [-0.15, -0.1) is 0 Å².